The SMILES string of the molecule is COc1ccc(-c2cc3ncnc(Sc4nnc(-c5ccccc5)o4)c3s2)cc1. The Balaban J connectivity index is 1.46. The summed E-state index contributed by atoms with van der Waals surface area (Å²) >= 11 is 2.98. The van der Waals surface area contributed by atoms with Gasteiger partial charge in [0, 0.05) is 10.4 Å². The lowest BCUT2D eigenvalue weighted by Crippen LogP contribution is -1.82. The van der Waals surface area contributed by atoms with E-state index in [1.165, 1.54) is 11.8 Å². The van der Waals surface area contributed by atoms with E-state index in [1.807, 2.05) is 54.6 Å². The minimum atomic E-state index is 0.447. The summed E-state index contributed by atoms with van der Waals surface area (Å²) in [6, 6.07) is 19.7. The molecule has 0 unspecified atom stereocenters. The van der Waals surface area contributed by atoms with Crippen molar-refractivity contribution in [3.8, 4) is 27.6 Å². The standard InChI is InChI=1S/C21H14N4O2S2/c1-26-15-9-7-13(8-10-15)17-11-16-18(28-17)20(23-12-22-16)29-21-25-24-19(27-21)14-5-3-2-4-6-14/h2-12H,1H3. The van der Waals surface area contributed by atoms with E-state index in [2.05, 4.69) is 26.2 Å². The Kier molecular flexibility index (Phi) is 4.71. The maximum atomic E-state index is 5.81. The summed E-state index contributed by atoms with van der Waals surface area (Å²) in [4.78, 5) is 9.96. The molecular formula is C21H14N4O2S2. The molecule has 8 heteroatoms. The molecule has 5 rings (SSSR count). The Hall–Kier alpha value is -3.23. The van der Waals surface area contributed by atoms with Crippen LogP contribution in [0.15, 0.2) is 81.7 Å². The summed E-state index contributed by atoms with van der Waals surface area (Å²) in [5.41, 5.74) is 2.88. The molecule has 0 spiro atoms. The number of hydrogen-bond donors (Lipinski definition) is 0. The second-order valence-corrected chi connectivity index (χ2v) is 8.07. The van der Waals surface area contributed by atoms with Crippen LogP contribution in [0.4, 0.5) is 0 Å². The van der Waals surface area contributed by atoms with Gasteiger partial charge in [0.05, 0.1) is 17.3 Å². The molecule has 0 atom stereocenters. The van der Waals surface area contributed by atoms with Crippen LogP contribution >= 0.6 is 23.1 Å². The van der Waals surface area contributed by atoms with Crippen molar-refractivity contribution in [1.82, 2.24) is 20.2 Å². The highest BCUT2D eigenvalue weighted by molar-refractivity contribution is 7.99. The van der Waals surface area contributed by atoms with Crippen molar-refractivity contribution in [3.05, 3.63) is 67.0 Å². The molecule has 0 N–H and O–H groups in total. The van der Waals surface area contributed by atoms with Gasteiger partial charge in [-0.25, -0.2) is 9.97 Å². The number of benzene rings is 2. The van der Waals surface area contributed by atoms with Crippen LogP contribution < -0.4 is 4.74 Å². The average Bonchev–Trinajstić information content (AvgIpc) is 3.42. The first-order valence-corrected chi connectivity index (χ1v) is 10.4. The highest BCUT2D eigenvalue weighted by Gasteiger charge is 2.15. The highest BCUT2D eigenvalue weighted by Crippen LogP contribution is 2.39. The van der Waals surface area contributed by atoms with Crippen molar-refractivity contribution in [2.24, 2.45) is 0 Å². The van der Waals surface area contributed by atoms with Crippen LogP contribution in [-0.2, 0) is 0 Å². The molecule has 29 heavy (non-hydrogen) atoms. The van der Waals surface area contributed by atoms with Gasteiger partial charge in [-0.1, -0.05) is 18.2 Å². The van der Waals surface area contributed by atoms with E-state index in [0.717, 1.165) is 37.0 Å². The van der Waals surface area contributed by atoms with Crippen LogP contribution in [0.3, 0.4) is 0 Å². The Morgan fingerprint density at radius 3 is 2.55 bits per heavy atom. The number of nitrogens with zero attached hydrogens (tertiary/aromatic N) is 4. The number of rotatable bonds is 5. The van der Waals surface area contributed by atoms with Crippen LogP contribution in [0.1, 0.15) is 0 Å². The van der Waals surface area contributed by atoms with E-state index in [4.69, 9.17) is 9.15 Å². The maximum absolute atomic E-state index is 5.81. The molecule has 3 aromatic heterocycles. The molecule has 5 aromatic rings. The monoisotopic (exact) mass is 418 g/mol. The molecule has 0 bridgehead atoms. The number of aromatic nitrogens is 4. The summed E-state index contributed by atoms with van der Waals surface area (Å²) in [5.74, 6) is 1.32. The molecule has 3 heterocycles. The number of hydrogen-bond acceptors (Lipinski definition) is 8. The Morgan fingerprint density at radius 1 is 0.931 bits per heavy atom. The predicted molar refractivity (Wildman–Crippen MR) is 113 cm³/mol. The molecule has 0 saturated carbocycles. The third-order valence-corrected chi connectivity index (χ3v) is 6.42. The first-order chi connectivity index (χ1) is 14.3. The fourth-order valence-electron chi connectivity index (χ4n) is 2.83. The van der Waals surface area contributed by atoms with Crippen LogP contribution in [-0.4, -0.2) is 27.3 Å². The van der Waals surface area contributed by atoms with Gasteiger partial charge in [0.15, 0.2) is 0 Å². The third-order valence-electron chi connectivity index (χ3n) is 4.26. The number of ether oxygens (including phenoxy) is 1. The van der Waals surface area contributed by atoms with E-state index in [9.17, 15) is 0 Å². The summed E-state index contributed by atoms with van der Waals surface area (Å²) in [5, 5.41) is 9.54. The molecule has 0 aliphatic heterocycles. The Bertz CT molecular complexity index is 1270. The zero-order valence-electron chi connectivity index (χ0n) is 15.3. The smallest absolute Gasteiger partial charge is 0.283 e. The molecule has 0 radical (unpaired) electrons. The summed E-state index contributed by atoms with van der Waals surface area (Å²) in [7, 11) is 1.66. The average molecular weight is 419 g/mol. The van der Waals surface area contributed by atoms with Gasteiger partial charge in [-0.05, 0) is 59.8 Å². The zero-order chi connectivity index (χ0) is 19.6. The number of methoxy groups -OCH3 is 1. The van der Waals surface area contributed by atoms with Crippen molar-refractivity contribution >= 4 is 33.3 Å². The van der Waals surface area contributed by atoms with Gasteiger partial charge in [0.25, 0.3) is 5.22 Å². The molecule has 6 nitrogen and oxygen atoms in total. The van der Waals surface area contributed by atoms with E-state index in [-0.39, 0.29) is 0 Å². The molecule has 142 valence electrons. The van der Waals surface area contributed by atoms with Gasteiger partial charge in [0.2, 0.25) is 5.89 Å². The Morgan fingerprint density at radius 2 is 1.76 bits per heavy atom. The fraction of sp³-hybridized carbons (Fsp3) is 0.0476. The molecule has 2 aromatic carbocycles. The molecule has 0 aliphatic rings. The quantitative estimate of drug-likeness (QED) is 0.346. The third kappa shape index (κ3) is 3.59. The van der Waals surface area contributed by atoms with Crippen molar-refractivity contribution in [2.45, 2.75) is 10.2 Å². The van der Waals surface area contributed by atoms with Gasteiger partial charge in [-0.15, -0.1) is 21.5 Å². The van der Waals surface area contributed by atoms with Crippen molar-refractivity contribution < 1.29 is 9.15 Å². The summed E-state index contributed by atoms with van der Waals surface area (Å²) in [6.45, 7) is 0. The van der Waals surface area contributed by atoms with Gasteiger partial charge in [-0.2, -0.15) is 0 Å². The van der Waals surface area contributed by atoms with Gasteiger partial charge >= 0.3 is 0 Å². The van der Waals surface area contributed by atoms with Gasteiger partial charge in [0.1, 0.15) is 17.1 Å². The summed E-state index contributed by atoms with van der Waals surface area (Å²) in [6.07, 6.45) is 1.56. The van der Waals surface area contributed by atoms with Crippen LogP contribution in [0, 0.1) is 0 Å². The van der Waals surface area contributed by atoms with E-state index in [0.29, 0.717) is 11.1 Å². The minimum Gasteiger partial charge on any atom is -0.497 e. The molecule has 0 fully saturated rings. The molecule has 0 amide bonds. The predicted octanol–water partition coefficient (Wildman–Crippen LogP) is 5.57. The first kappa shape index (κ1) is 17.8. The van der Waals surface area contributed by atoms with Gasteiger partial charge < -0.3 is 9.15 Å². The van der Waals surface area contributed by atoms with Crippen LogP contribution in [0.25, 0.3) is 32.1 Å². The number of fused-ring (bicyclic) bond motifs is 1. The van der Waals surface area contributed by atoms with Crippen molar-refractivity contribution in [2.75, 3.05) is 7.11 Å². The summed E-state index contributed by atoms with van der Waals surface area (Å²) < 4.78 is 12.0. The van der Waals surface area contributed by atoms with Gasteiger partial charge in [-0.3, -0.25) is 0 Å². The molecular weight excluding hydrogens is 404 g/mol. The van der Waals surface area contributed by atoms with Crippen molar-refractivity contribution in [1.29, 1.82) is 0 Å². The van der Waals surface area contributed by atoms with Crippen LogP contribution in [0.5, 0.6) is 5.75 Å². The van der Waals surface area contributed by atoms with Crippen molar-refractivity contribution in [3.63, 3.8) is 0 Å². The maximum Gasteiger partial charge on any atom is 0.283 e. The lowest BCUT2D eigenvalue weighted by molar-refractivity contribution is 0.415. The minimum absolute atomic E-state index is 0.447. The highest BCUT2D eigenvalue weighted by atomic mass is 32.2. The first-order valence-electron chi connectivity index (χ1n) is 8.76. The van der Waals surface area contributed by atoms with E-state index >= 15 is 0 Å². The zero-order valence-corrected chi connectivity index (χ0v) is 16.9. The second kappa shape index (κ2) is 7.65. The second-order valence-electron chi connectivity index (χ2n) is 6.07. The topological polar surface area (TPSA) is 73.9 Å². The number of thiophene rings is 1. The fourth-order valence-corrected chi connectivity index (χ4v) is 4.75. The van der Waals surface area contributed by atoms with E-state index in [1.54, 1.807) is 24.8 Å². The molecule has 0 saturated heterocycles. The largest absolute Gasteiger partial charge is 0.497 e. The lowest BCUT2D eigenvalue weighted by atomic mass is 10.2. The van der Waals surface area contributed by atoms with Crippen LogP contribution in [0.2, 0.25) is 0 Å². The Labute approximate surface area is 174 Å². The molecule has 0 aliphatic carbocycles. The normalized spacial score (nSPS) is 11.1. The van der Waals surface area contributed by atoms with E-state index < -0.39 is 0 Å². The lowest BCUT2D eigenvalue weighted by Gasteiger charge is -2.00.